The van der Waals surface area contributed by atoms with Crippen molar-refractivity contribution >= 4 is 67.0 Å². The van der Waals surface area contributed by atoms with Crippen LogP contribution in [-0.2, 0) is 11.4 Å². The molecule has 1 aromatic heterocycles. The molecule has 0 unspecified atom stereocenters. The molecule has 0 saturated carbocycles. The molecule has 1 fully saturated rings. The number of thioether (sulfide) groups is 1. The summed E-state index contributed by atoms with van der Waals surface area (Å²) in [6.45, 7) is 4.30. The van der Waals surface area contributed by atoms with E-state index in [1.54, 1.807) is 12.1 Å². The summed E-state index contributed by atoms with van der Waals surface area (Å²) in [4.78, 5) is 13.8. The fraction of sp³-hybridized carbons (Fsp3) is 0.143. The Hall–Kier alpha value is -3.07. The van der Waals surface area contributed by atoms with Crippen LogP contribution in [-0.4, -0.2) is 22.0 Å². The standard InChI is InChI=1S/C28H23BrN2O3S2/c1-17-11-12-18(2)30(17)31-27(32)25(36-28(31)35)15-19-13-23(29)26(24(14-19)33-3)34-16-21-9-6-8-20-7-4-5-10-22(20)21/h4-15H,16H2,1-3H3/b25-15+. The Kier molecular flexibility index (Phi) is 6.92. The van der Waals surface area contributed by atoms with Crippen molar-refractivity contribution in [2.24, 2.45) is 0 Å². The molecule has 36 heavy (non-hydrogen) atoms. The van der Waals surface area contributed by atoms with E-state index >= 15 is 0 Å². The van der Waals surface area contributed by atoms with Gasteiger partial charge in [-0.05, 0) is 94.2 Å². The number of aryl methyl sites for hydroxylation is 2. The lowest BCUT2D eigenvalue weighted by Crippen LogP contribution is -2.39. The average Bonchev–Trinajstić information content (AvgIpc) is 3.33. The predicted molar refractivity (Wildman–Crippen MR) is 154 cm³/mol. The van der Waals surface area contributed by atoms with E-state index in [4.69, 9.17) is 21.7 Å². The van der Waals surface area contributed by atoms with Gasteiger partial charge < -0.3 is 9.47 Å². The Morgan fingerprint density at radius 3 is 2.50 bits per heavy atom. The first-order valence-corrected chi connectivity index (χ1v) is 13.3. The van der Waals surface area contributed by atoms with Crippen molar-refractivity contribution < 1.29 is 14.3 Å². The molecule has 1 saturated heterocycles. The number of amides is 1. The van der Waals surface area contributed by atoms with Crippen LogP contribution in [0.4, 0.5) is 0 Å². The number of carbonyl (C=O) groups is 1. The minimum atomic E-state index is -0.154. The third kappa shape index (κ3) is 4.56. The molecule has 5 rings (SSSR count). The van der Waals surface area contributed by atoms with Crippen molar-refractivity contribution in [2.45, 2.75) is 20.5 Å². The first kappa shape index (κ1) is 24.6. The molecule has 0 bridgehead atoms. The van der Waals surface area contributed by atoms with Gasteiger partial charge >= 0.3 is 0 Å². The van der Waals surface area contributed by atoms with Crippen LogP contribution in [0.1, 0.15) is 22.5 Å². The van der Waals surface area contributed by atoms with Crippen LogP contribution in [0.5, 0.6) is 11.5 Å². The van der Waals surface area contributed by atoms with Crippen molar-refractivity contribution in [1.29, 1.82) is 0 Å². The molecule has 8 heteroatoms. The molecule has 3 aromatic carbocycles. The zero-order valence-electron chi connectivity index (χ0n) is 19.9. The summed E-state index contributed by atoms with van der Waals surface area (Å²) in [5.41, 5.74) is 3.78. The minimum Gasteiger partial charge on any atom is -0.493 e. The van der Waals surface area contributed by atoms with E-state index in [0.717, 1.165) is 32.4 Å². The van der Waals surface area contributed by atoms with Crippen molar-refractivity contribution in [2.75, 3.05) is 12.1 Å². The highest BCUT2D eigenvalue weighted by molar-refractivity contribution is 9.10. The highest BCUT2D eigenvalue weighted by atomic mass is 79.9. The van der Waals surface area contributed by atoms with Gasteiger partial charge in [0.2, 0.25) is 0 Å². The van der Waals surface area contributed by atoms with Gasteiger partial charge in [0.05, 0.1) is 16.5 Å². The molecule has 0 N–H and O–H groups in total. The molecule has 1 aliphatic rings. The van der Waals surface area contributed by atoms with Crippen LogP contribution in [0, 0.1) is 13.8 Å². The van der Waals surface area contributed by atoms with E-state index in [0.29, 0.717) is 27.3 Å². The maximum atomic E-state index is 13.3. The molecule has 0 radical (unpaired) electrons. The highest BCUT2D eigenvalue weighted by Gasteiger charge is 2.34. The number of fused-ring (bicyclic) bond motifs is 1. The van der Waals surface area contributed by atoms with Gasteiger partial charge in [0.15, 0.2) is 15.8 Å². The van der Waals surface area contributed by atoms with Gasteiger partial charge in [-0.1, -0.05) is 54.2 Å². The number of rotatable bonds is 6. The molecule has 2 heterocycles. The number of ether oxygens (including phenoxy) is 2. The zero-order chi connectivity index (χ0) is 25.4. The first-order chi connectivity index (χ1) is 17.4. The summed E-state index contributed by atoms with van der Waals surface area (Å²) >= 11 is 10.5. The number of hydrogen-bond acceptors (Lipinski definition) is 5. The van der Waals surface area contributed by atoms with Gasteiger partial charge in [-0.3, -0.25) is 9.47 Å². The first-order valence-electron chi connectivity index (χ1n) is 11.3. The molecule has 5 nitrogen and oxygen atoms in total. The van der Waals surface area contributed by atoms with Gasteiger partial charge in [-0.25, -0.2) is 0 Å². The lowest BCUT2D eigenvalue weighted by molar-refractivity contribution is -0.114. The number of benzene rings is 3. The van der Waals surface area contributed by atoms with E-state index in [1.807, 2.05) is 67.1 Å². The van der Waals surface area contributed by atoms with Gasteiger partial charge in [0, 0.05) is 11.4 Å². The summed E-state index contributed by atoms with van der Waals surface area (Å²) in [5, 5.41) is 3.87. The number of methoxy groups -OCH3 is 1. The molecule has 0 spiro atoms. The monoisotopic (exact) mass is 578 g/mol. The summed E-state index contributed by atoms with van der Waals surface area (Å²) in [5.74, 6) is 1.02. The molecule has 0 atom stereocenters. The van der Waals surface area contributed by atoms with E-state index in [-0.39, 0.29) is 5.91 Å². The Balaban J connectivity index is 1.42. The molecule has 182 valence electrons. The summed E-state index contributed by atoms with van der Waals surface area (Å²) in [6, 6.07) is 22.1. The summed E-state index contributed by atoms with van der Waals surface area (Å²) in [7, 11) is 1.60. The van der Waals surface area contributed by atoms with Crippen LogP contribution >= 0.6 is 39.9 Å². The van der Waals surface area contributed by atoms with E-state index < -0.39 is 0 Å². The smallest absolute Gasteiger partial charge is 0.285 e. The van der Waals surface area contributed by atoms with Crippen molar-refractivity contribution in [3.05, 3.63) is 98.6 Å². The lowest BCUT2D eigenvalue weighted by atomic mass is 10.1. The van der Waals surface area contributed by atoms with Crippen LogP contribution in [0.2, 0.25) is 0 Å². The van der Waals surface area contributed by atoms with E-state index in [1.165, 1.54) is 17.1 Å². The number of carbonyl (C=O) groups excluding carboxylic acids is 1. The molecule has 4 aromatic rings. The zero-order valence-corrected chi connectivity index (χ0v) is 23.2. The van der Waals surface area contributed by atoms with Gasteiger partial charge in [-0.2, -0.15) is 5.01 Å². The Labute approximate surface area is 227 Å². The maximum absolute atomic E-state index is 13.3. The van der Waals surface area contributed by atoms with Crippen molar-refractivity contribution in [3.8, 4) is 11.5 Å². The topological polar surface area (TPSA) is 43.7 Å². The van der Waals surface area contributed by atoms with Crippen LogP contribution in [0.15, 0.2) is 76.1 Å². The SMILES string of the molecule is COc1cc(/C=C2/SC(=S)N(n3c(C)ccc3C)C2=O)cc(Br)c1OCc1cccc2ccccc12. The number of aromatic nitrogens is 1. The minimum absolute atomic E-state index is 0.154. The quantitative estimate of drug-likeness (QED) is 0.179. The van der Waals surface area contributed by atoms with Gasteiger partial charge in [0.25, 0.3) is 5.91 Å². The second-order valence-corrected chi connectivity index (χ2v) is 10.9. The molecule has 1 aliphatic heterocycles. The van der Waals surface area contributed by atoms with Crippen molar-refractivity contribution in [3.63, 3.8) is 0 Å². The van der Waals surface area contributed by atoms with Crippen LogP contribution < -0.4 is 14.5 Å². The molecule has 0 aliphatic carbocycles. The summed E-state index contributed by atoms with van der Waals surface area (Å²) in [6.07, 6.45) is 1.83. The highest BCUT2D eigenvalue weighted by Crippen LogP contribution is 2.40. The Morgan fingerprint density at radius 2 is 1.75 bits per heavy atom. The fourth-order valence-corrected chi connectivity index (χ4v) is 6.11. The van der Waals surface area contributed by atoms with E-state index in [2.05, 4.69) is 40.2 Å². The van der Waals surface area contributed by atoms with Crippen LogP contribution in [0.3, 0.4) is 0 Å². The second kappa shape index (κ2) is 10.1. The Morgan fingerprint density at radius 1 is 1.03 bits per heavy atom. The Bertz CT molecular complexity index is 1520. The van der Waals surface area contributed by atoms with E-state index in [9.17, 15) is 4.79 Å². The van der Waals surface area contributed by atoms with Crippen LogP contribution in [0.25, 0.3) is 16.8 Å². The fourth-order valence-electron chi connectivity index (χ4n) is 4.29. The lowest BCUT2D eigenvalue weighted by Gasteiger charge is -2.20. The normalized spacial score (nSPS) is 14.8. The maximum Gasteiger partial charge on any atom is 0.285 e. The predicted octanol–water partition coefficient (Wildman–Crippen LogP) is 7.15. The third-order valence-electron chi connectivity index (χ3n) is 6.01. The second-order valence-electron chi connectivity index (χ2n) is 8.38. The molecular weight excluding hydrogens is 556 g/mol. The molecule has 1 amide bonds. The third-order valence-corrected chi connectivity index (χ3v) is 7.88. The van der Waals surface area contributed by atoms with Gasteiger partial charge in [0.1, 0.15) is 6.61 Å². The number of thiocarbonyl (C=S) groups is 1. The summed E-state index contributed by atoms with van der Waals surface area (Å²) < 4.78 is 14.9. The van der Waals surface area contributed by atoms with Gasteiger partial charge in [-0.15, -0.1) is 0 Å². The molecular formula is C28H23BrN2O3S2. The average molecular weight is 580 g/mol. The largest absolute Gasteiger partial charge is 0.493 e. The van der Waals surface area contributed by atoms with Crippen molar-refractivity contribution in [1.82, 2.24) is 4.68 Å². The number of nitrogens with zero attached hydrogens (tertiary/aromatic N) is 2. The number of hydrogen-bond donors (Lipinski definition) is 0. The number of halogens is 1.